The molecule has 0 saturated heterocycles. The van der Waals surface area contributed by atoms with E-state index < -0.39 is 10.0 Å². The Kier molecular flexibility index (Phi) is 6.79. The molecule has 8 heteroatoms. The van der Waals surface area contributed by atoms with Crippen molar-refractivity contribution in [3.63, 3.8) is 0 Å². The van der Waals surface area contributed by atoms with Gasteiger partial charge in [-0.2, -0.15) is 0 Å². The lowest BCUT2D eigenvalue weighted by Crippen LogP contribution is -2.27. The van der Waals surface area contributed by atoms with Crippen LogP contribution in [0.2, 0.25) is 0 Å². The number of sulfonamides is 1. The number of ether oxygens (including phenoxy) is 1. The van der Waals surface area contributed by atoms with E-state index in [0.29, 0.717) is 18.7 Å². The summed E-state index contributed by atoms with van der Waals surface area (Å²) in [5.74, 6) is -0.0401. The lowest BCUT2D eigenvalue weighted by Gasteiger charge is -2.13. The zero-order valence-corrected chi connectivity index (χ0v) is 14.2. The van der Waals surface area contributed by atoms with Crippen molar-refractivity contribution in [1.82, 2.24) is 9.62 Å². The first kappa shape index (κ1) is 18.4. The van der Waals surface area contributed by atoms with Gasteiger partial charge in [0, 0.05) is 19.2 Å². The van der Waals surface area contributed by atoms with Crippen molar-refractivity contribution in [2.24, 2.45) is 0 Å². The SMILES string of the molecule is COc1ccc(NC(C)=O)cc1S(=O)(=O)NCCCN(C)C. The smallest absolute Gasteiger partial charge is 0.244 e. The summed E-state index contributed by atoms with van der Waals surface area (Å²) in [7, 11) is 1.55. The summed E-state index contributed by atoms with van der Waals surface area (Å²) in [5, 5.41) is 2.56. The zero-order chi connectivity index (χ0) is 16.8. The van der Waals surface area contributed by atoms with Gasteiger partial charge in [0.15, 0.2) is 0 Å². The van der Waals surface area contributed by atoms with Crippen molar-refractivity contribution >= 4 is 21.6 Å². The van der Waals surface area contributed by atoms with Gasteiger partial charge in [0.25, 0.3) is 0 Å². The van der Waals surface area contributed by atoms with Gasteiger partial charge in [-0.05, 0) is 45.3 Å². The minimum absolute atomic E-state index is 0.00565. The quantitative estimate of drug-likeness (QED) is 0.692. The second kappa shape index (κ2) is 8.11. The van der Waals surface area contributed by atoms with Gasteiger partial charge >= 0.3 is 0 Å². The van der Waals surface area contributed by atoms with E-state index in [1.54, 1.807) is 6.07 Å². The van der Waals surface area contributed by atoms with E-state index in [2.05, 4.69) is 10.0 Å². The molecule has 22 heavy (non-hydrogen) atoms. The third kappa shape index (κ3) is 5.63. The highest BCUT2D eigenvalue weighted by molar-refractivity contribution is 7.89. The normalized spacial score (nSPS) is 11.5. The van der Waals surface area contributed by atoms with Gasteiger partial charge in [0.05, 0.1) is 7.11 Å². The Morgan fingerprint density at radius 1 is 1.32 bits per heavy atom. The number of nitrogens with zero attached hydrogens (tertiary/aromatic N) is 1. The molecular formula is C14H23N3O4S. The Morgan fingerprint density at radius 3 is 2.55 bits per heavy atom. The second-order valence-corrected chi connectivity index (χ2v) is 6.84. The van der Waals surface area contributed by atoms with Crippen LogP contribution >= 0.6 is 0 Å². The topological polar surface area (TPSA) is 87.7 Å². The Bertz CT molecular complexity index is 615. The molecule has 0 unspecified atom stereocenters. The van der Waals surface area contributed by atoms with E-state index in [9.17, 15) is 13.2 Å². The van der Waals surface area contributed by atoms with E-state index in [-0.39, 0.29) is 16.6 Å². The molecule has 0 heterocycles. The van der Waals surface area contributed by atoms with Crippen LogP contribution in [-0.2, 0) is 14.8 Å². The molecule has 124 valence electrons. The van der Waals surface area contributed by atoms with Crippen LogP contribution in [0.15, 0.2) is 23.1 Å². The van der Waals surface area contributed by atoms with Crippen molar-refractivity contribution in [2.75, 3.05) is 39.6 Å². The Hall–Kier alpha value is -1.64. The number of anilines is 1. The number of benzene rings is 1. The number of carbonyl (C=O) groups excluding carboxylic acids is 1. The molecule has 1 aromatic rings. The highest BCUT2D eigenvalue weighted by Gasteiger charge is 2.20. The first-order valence-corrected chi connectivity index (χ1v) is 8.34. The molecule has 0 aliphatic carbocycles. The number of hydrogen-bond donors (Lipinski definition) is 2. The predicted octanol–water partition coefficient (Wildman–Crippen LogP) is 0.884. The van der Waals surface area contributed by atoms with E-state index in [0.717, 1.165) is 6.54 Å². The van der Waals surface area contributed by atoms with Crippen LogP contribution < -0.4 is 14.8 Å². The molecule has 0 radical (unpaired) electrons. The third-order valence-electron chi connectivity index (χ3n) is 2.85. The summed E-state index contributed by atoms with van der Waals surface area (Å²) in [4.78, 5) is 13.1. The van der Waals surface area contributed by atoms with Gasteiger partial charge in [-0.25, -0.2) is 13.1 Å². The van der Waals surface area contributed by atoms with Crippen LogP contribution in [0.1, 0.15) is 13.3 Å². The monoisotopic (exact) mass is 329 g/mol. The summed E-state index contributed by atoms with van der Waals surface area (Å²) in [6.45, 7) is 2.47. The predicted molar refractivity (Wildman–Crippen MR) is 85.7 cm³/mol. The van der Waals surface area contributed by atoms with Crippen molar-refractivity contribution in [3.8, 4) is 5.75 Å². The third-order valence-corrected chi connectivity index (χ3v) is 4.33. The van der Waals surface area contributed by atoms with E-state index in [1.165, 1.54) is 26.2 Å². The second-order valence-electron chi connectivity index (χ2n) is 5.10. The average Bonchev–Trinajstić information content (AvgIpc) is 2.43. The molecule has 2 N–H and O–H groups in total. The van der Waals surface area contributed by atoms with Crippen molar-refractivity contribution < 1.29 is 17.9 Å². The lowest BCUT2D eigenvalue weighted by molar-refractivity contribution is -0.114. The highest BCUT2D eigenvalue weighted by Crippen LogP contribution is 2.27. The lowest BCUT2D eigenvalue weighted by atomic mass is 10.3. The minimum Gasteiger partial charge on any atom is -0.495 e. The maximum Gasteiger partial charge on any atom is 0.244 e. The number of methoxy groups -OCH3 is 1. The molecule has 1 rings (SSSR count). The summed E-state index contributed by atoms with van der Waals surface area (Å²) in [5.41, 5.74) is 0.405. The van der Waals surface area contributed by atoms with Crippen LogP contribution in [0.5, 0.6) is 5.75 Å². The summed E-state index contributed by atoms with van der Waals surface area (Å²) in [6, 6.07) is 4.49. The average molecular weight is 329 g/mol. The molecule has 7 nitrogen and oxygen atoms in total. The first-order valence-electron chi connectivity index (χ1n) is 6.86. The Morgan fingerprint density at radius 2 is 2.00 bits per heavy atom. The van der Waals surface area contributed by atoms with Crippen LogP contribution in [0, 0.1) is 0 Å². The summed E-state index contributed by atoms with van der Waals surface area (Å²) in [6.07, 6.45) is 0.694. The number of rotatable bonds is 8. The van der Waals surface area contributed by atoms with Crippen LogP contribution in [0.3, 0.4) is 0 Å². The maximum absolute atomic E-state index is 12.4. The van der Waals surface area contributed by atoms with E-state index >= 15 is 0 Å². The maximum atomic E-state index is 12.4. The van der Waals surface area contributed by atoms with Gasteiger partial charge in [-0.1, -0.05) is 0 Å². The number of amides is 1. The Balaban J connectivity index is 2.93. The summed E-state index contributed by atoms with van der Waals surface area (Å²) >= 11 is 0. The zero-order valence-electron chi connectivity index (χ0n) is 13.3. The minimum atomic E-state index is -3.70. The first-order chi connectivity index (χ1) is 10.3. The number of carbonyl (C=O) groups is 1. The van der Waals surface area contributed by atoms with Crippen molar-refractivity contribution in [1.29, 1.82) is 0 Å². The largest absolute Gasteiger partial charge is 0.495 e. The Labute approximate surface area is 131 Å². The molecule has 0 spiro atoms. The van der Waals surface area contributed by atoms with Gasteiger partial charge < -0.3 is 15.0 Å². The highest BCUT2D eigenvalue weighted by atomic mass is 32.2. The molecular weight excluding hydrogens is 306 g/mol. The van der Waals surface area contributed by atoms with Gasteiger partial charge in [-0.15, -0.1) is 0 Å². The molecule has 0 aromatic heterocycles. The fraction of sp³-hybridized carbons (Fsp3) is 0.500. The molecule has 1 amide bonds. The molecule has 0 bridgehead atoms. The van der Waals surface area contributed by atoms with Crippen LogP contribution in [0.4, 0.5) is 5.69 Å². The van der Waals surface area contributed by atoms with Crippen molar-refractivity contribution in [2.45, 2.75) is 18.2 Å². The molecule has 0 atom stereocenters. The molecule has 1 aromatic carbocycles. The van der Waals surface area contributed by atoms with E-state index in [4.69, 9.17) is 4.74 Å². The van der Waals surface area contributed by atoms with Crippen LogP contribution in [-0.4, -0.2) is 53.5 Å². The van der Waals surface area contributed by atoms with Crippen molar-refractivity contribution in [3.05, 3.63) is 18.2 Å². The van der Waals surface area contributed by atoms with Gasteiger partial charge in [-0.3, -0.25) is 4.79 Å². The molecule has 0 fully saturated rings. The van der Waals surface area contributed by atoms with Gasteiger partial charge in [0.1, 0.15) is 10.6 Å². The number of hydrogen-bond acceptors (Lipinski definition) is 5. The molecule has 0 aliphatic heterocycles. The van der Waals surface area contributed by atoms with Gasteiger partial charge in [0.2, 0.25) is 15.9 Å². The standard InChI is InChI=1S/C14H23N3O4S/c1-11(18)16-12-6-7-13(21-4)14(10-12)22(19,20)15-8-5-9-17(2)3/h6-7,10,15H,5,8-9H2,1-4H3,(H,16,18). The fourth-order valence-electron chi connectivity index (χ4n) is 1.85. The van der Waals surface area contributed by atoms with Crippen LogP contribution in [0.25, 0.3) is 0 Å². The molecule has 0 aliphatic rings. The fourth-order valence-corrected chi connectivity index (χ4v) is 3.11. The summed E-state index contributed by atoms with van der Waals surface area (Å²) < 4.78 is 32.4. The number of nitrogens with one attached hydrogen (secondary N) is 2. The van der Waals surface area contributed by atoms with E-state index in [1.807, 2.05) is 19.0 Å². The molecule has 0 saturated carbocycles.